The van der Waals surface area contributed by atoms with E-state index < -0.39 is 91.5 Å². The minimum Gasteiger partial charge on any atom is -0.463 e. The third kappa shape index (κ3) is 66.4. The van der Waals surface area contributed by atoms with E-state index in [4.69, 9.17) is 32.3 Å². The molecular formula is C73H118O16P2. The van der Waals surface area contributed by atoms with Gasteiger partial charge in [0.15, 0.2) is 6.10 Å². The van der Waals surface area contributed by atoms with Gasteiger partial charge in [-0.25, -0.2) is 9.13 Å². The number of rotatable bonds is 62. The second-order valence-corrected chi connectivity index (χ2v) is 24.7. The number of aliphatic hydroxyl groups is 2. The maximum atomic E-state index is 12.9. The van der Waals surface area contributed by atoms with Crippen molar-refractivity contribution in [1.82, 2.24) is 0 Å². The molecule has 0 aromatic carbocycles. The molecule has 0 amide bonds. The molecule has 516 valence electrons. The van der Waals surface area contributed by atoms with E-state index in [0.29, 0.717) is 25.7 Å². The minimum atomic E-state index is -4.95. The van der Waals surface area contributed by atoms with Gasteiger partial charge in [-0.2, -0.15) is 0 Å². The predicted octanol–water partition coefficient (Wildman–Crippen LogP) is 18.7. The van der Waals surface area contributed by atoms with Crippen molar-refractivity contribution in [2.75, 3.05) is 39.6 Å². The van der Waals surface area contributed by atoms with E-state index >= 15 is 0 Å². The van der Waals surface area contributed by atoms with Gasteiger partial charge in [0, 0.05) is 19.3 Å². The molecule has 0 aliphatic heterocycles. The van der Waals surface area contributed by atoms with Crippen LogP contribution in [0.2, 0.25) is 0 Å². The number of esters is 3. The molecule has 0 radical (unpaired) electrons. The summed E-state index contributed by atoms with van der Waals surface area (Å²) in [5.74, 6) is -1.69. The van der Waals surface area contributed by atoms with Gasteiger partial charge < -0.3 is 34.2 Å². The Labute approximate surface area is 549 Å². The Morgan fingerprint density at radius 2 is 0.560 bits per heavy atom. The molecule has 0 fully saturated rings. The first kappa shape index (κ1) is 86.2. The fourth-order valence-electron chi connectivity index (χ4n) is 8.17. The van der Waals surface area contributed by atoms with Gasteiger partial charge in [-0.1, -0.05) is 230 Å². The highest BCUT2D eigenvalue weighted by Crippen LogP contribution is 2.45. The van der Waals surface area contributed by atoms with Crippen LogP contribution in [0.4, 0.5) is 0 Å². The number of aliphatic hydroxyl groups excluding tert-OH is 2. The Morgan fingerprint density at radius 1 is 0.308 bits per heavy atom. The first-order valence-electron chi connectivity index (χ1n) is 33.8. The number of unbranched alkanes of at least 4 members (excludes halogenated alkanes) is 13. The zero-order valence-corrected chi connectivity index (χ0v) is 57.5. The second kappa shape index (κ2) is 65.2. The SMILES string of the molecule is CC/C=C\C/C=C\C/C=C\C/C=C\C/C=C\CCCCCCCCCC(=O)OCC(O)COP(=O)(O)OCC(O)COP(=O)(O)OCC(COC(=O)CCC/C=C\C/C=C\C/C=C\C/C=C\C/C=C\CC)OC(=O)CCCCCCC/C=C\C/C=C\C/C=C\CC. The number of ether oxygens (including phenoxy) is 3. The molecule has 0 heterocycles. The maximum Gasteiger partial charge on any atom is 0.472 e. The third-order valence-corrected chi connectivity index (χ3v) is 15.1. The van der Waals surface area contributed by atoms with E-state index in [1.165, 1.54) is 0 Å². The molecule has 0 aromatic heterocycles. The summed E-state index contributed by atoms with van der Waals surface area (Å²) in [6, 6.07) is 0. The van der Waals surface area contributed by atoms with Gasteiger partial charge in [-0.3, -0.25) is 32.5 Å². The summed E-state index contributed by atoms with van der Waals surface area (Å²) >= 11 is 0. The molecule has 18 heteroatoms. The summed E-state index contributed by atoms with van der Waals surface area (Å²) in [6.07, 6.45) is 78.8. The highest BCUT2D eigenvalue weighted by molar-refractivity contribution is 7.47. The predicted molar refractivity (Wildman–Crippen MR) is 371 cm³/mol. The van der Waals surface area contributed by atoms with Crippen molar-refractivity contribution in [3.05, 3.63) is 158 Å². The molecule has 91 heavy (non-hydrogen) atoms. The Morgan fingerprint density at radius 3 is 0.912 bits per heavy atom. The summed E-state index contributed by atoms with van der Waals surface area (Å²) in [6.45, 7) is 2.19. The normalized spacial score (nSPS) is 15.2. The van der Waals surface area contributed by atoms with Crippen LogP contribution in [-0.2, 0) is 55.8 Å². The van der Waals surface area contributed by atoms with Crippen LogP contribution in [0, 0.1) is 0 Å². The number of hydrogen-bond acceptors (Lipinski definition) is 14. The summed E-state index contributed by atoms with van der Waals surface area (Å²) in [5, 5.41) is 20.5. The standard InChI is InChI=1S/C73H118O16P2/c1-4-7-10-13-16-19-22-25-28-30-31-32-33-34-35-37-40-41-44-47-50-53-56-59-71(76)83-62-68(74)63-85-90(79,80)86-64-69(75)65-87-91(81,82)88-67-70(89-73(78)61-58-55-52-49-46-43-38-27-24-21-18-15-12-9-6-3)66-84-72(77)60-57-54-51-48-45-42-39-36-29-26-23-20-17-14-11-8-5-2/h7-12,16-21,25-29,31-32,34-35,38-39,42,48,51,68-70,74-75H,4-6,13-15,22-24,30,33,36-37,40-41,43-47,49-50,52-67H2,1-3H3,(H,79,80)(H,81,82)/b10-7-,11-8-,12-9-,19-16-,20-17-,21-18-,28-25-,29-26-,32-31-,35-34-,38-27-,42-39-,51-48-. The lowest BCUT2D eigenvalue weighted by atomic mass is 10.1. The van der Waals surface area contributed by atoms with Crippen molar-refractivity contribution in [3.63, 3.8) is 0 Å². The Hall–Kier alpha value is -4.83. The fourth-order valence-corrected chi connectivity index (χ4v) is 9.76. The average molecular weight is 1310 g/mol. The Kier molecular flexibility index (Phi) is 61.8. The minimum absolute atomic E-state index is 0.0667. The first-order valence-corrected chi connectivity index (χ1v) is 36.8. The van der Waals surface area contributed by atoms with Crippen LogP contribution >= 0.6 is 15.6 Å². The molecule has 5 unspecified atom stereocenters. The number of carbonyl (C=O) groups is 3. The van der Waals surface area contributed by atoms with Crippen molar-refractivity contribution in [1.29, 1.82) is 0 Å². The van der Waals surface area contributed by atoms with Gasteiger partial charge in [0.05, 0.1) is 26.4 Å². The lowest BCUT2D eigenvalue weighted by molar-refractivity contribution is -0.161. The summed E-state index contributed by atoms with van der Waals surface area (Å²) < 4.78 is 60.8. The summed E-state index contributed by atoms with van der Waals surface area (Å²) in [4.78, 5) is 58.3. The van der Waals surface area contributed by atoms with Crippen molar-refractivity contribution in [2.24, 2.45) is 0 Å². The van der Waals surface area contributed by atoms with Crippen LogP contribution in [0.3, 0.4) is 0 Å². The number of carbonyl (C=O) groups excluding carboxylic acids is 3. The smallest absolute Gasteiger partial charge is 0.463 e. The Bertz CT molecular complexity index is 2290. The first-order chi connectivity index (χ1) is 44.2. The van der Waals surface area contributed by atoms with Gasteiger partial charge in [-0.05, 0) is 135 Å². The molecule has 0 aliphatic carbocycles. The molecule has 0 spiro atoms. The molecule has 0 rings (SSSR count). The lowest BCUT2D eigenvalue weighted by Crippen LogP contribution is -2.30. The van der Waals surface area contributed by atoms with Crippen LogP contribution in [0.25, 0.3) is 0 Å². The van der Waals surface area contributed by atoms with E-state index in [1.807, 2.05) is 12.2 Å². The molecule has 16 nitrogen and oxygen atoms in total. The van der Waals surface area contributed by atoms with Crippen molar-refractivity contribution >= 4 is 33.6 Å². The van der Waals surface area contributed by atoms with Gasteiger partial charge in [0.1, 0.15) is 25.4 Å². The quantitative estimate of drug-likeness (QED) is 0.0146. The maximum absolute atomic E-state index is 12.9. The molecule has 0 saturated carbocycles. The Balaban J connectivity index is 4.70. The summed E-state index contributed by atoms with van der Waals surface area (Å²) in [7, 11) is -9.81. The largest absolute Gasteiger partial charge is 0.472 e. The van der Waals surface area contributed by atoms with Crippen LogP contribution in [-0.4, -0.2) is 95.9 Å². The van der Waals surface area contributed by atoms with Gasteiger partial charge in [-0.15, -0.1) is 0 Å². The van der Waals surface area contributed by atoms with Gasteiger partial charge >= 0.3 is 33.6 Å². The second-order valence-electron chi connectivity index (χ2n) is 21.8. The van der Waals surface area contributed by atoms with Crippen LogP contribution in [0.1, 0.15) is 226 Å². The monoisotopic (exact) mass is 1310 g/mol. The molecule has 5 atom stereocenters. The molecule has 0 saturated heterocycles. The van der Waals surface area contributed by atoms with E-state index in [0.717, 1.165) is 161 Å². The molecule has 0 aromatic rings. The lowest BCUT2D eigenvalue weighted by Gasteiger charge is -2.21. The van der Waals surface area contributed by atoms with Crippen molar-refractivity contribution in [3.8, 4) is 0 Å². The highest BCUT2D eigenvalue weighted by Gasteiger charge is 2.29. The van der Waals surface area contributed by atoms with Crippen LogP contribution < -0.4 is 0 Å². The van der Waals surface area contributed by atoms with Crippen molar-refractivity contribution < 1.29 is 75.8 Å². The van der Waals surface area contributed by atoms with Crippen molar-refractivity contribution in [2.45, 2.75) is 245 Å². The van der Waals surface area contributed by atoms with Crippen LogP contribution in [0.15, 0.2) is 158 Å². The molecule has 4 N–H and O–H groups in total. The number of phosphoric ester groups is 2. The molecular weight excluding hydrogens is 1190 g/mol. The van der Waals surface area contributed by atoms with E-state index in [-0.39, 0.29) is 19.3 Å². The van der Waals surface area contributed by atoms with E-state index in [2.05, 4.69) is 167 Å². The molecule has 0 bridgehead atoms. The van der Waals surface area contributed by atoms with E-state index in [1.54, 1.807) is 0 Å². The number of phosphoric acid groups is 2. The zero-order valence-electron chi connectivity index (χ0n) is 55.7. The number of allylic oxidation sites excluding steroid dienone is 26. The average Bonchev–Trinajstić information content (AvgIpc) is 3.63. The summed E-state index contributed by atoms with van der Waals surface area (Å²) in [5.41, 5.74) is 0. The highest BCUT2D eigenvalue weighted by atomic mass is 31.2. The molecule has 0 aliphatic rings. The number of hydrogen-bond donors (Lipinski definition) is 4. The van der Waals surface area contributed by atoms with Gasteiger partial charge in [0.25, 0.3) is 0 Å². The zero-order chi connectivity index (χ0) is 66.7. The fraction of sp³-hybridized carbons (Fsp3) is 0.603. The van der Waals surface area contributed by atoms with Gasteiger partial charge in [0.2, 0.25) is 0 Å². The third-order valence-electron chi connectivity index (χ3n) is 13.2. The van der Waals surface area contributed by atoms with Crippen LogP contribution in [0.5, 0.6) is 0 Å². The topological polar surface area (TPSA) is 231 Å². The van der Waals surface area contributed by atoms with E-state index in [9.17, 15) is 43.5 Å².